The van der Waals surface area contributed by atoms with Gasteiger partial charge in [0.2, 0.25) is 0 Å². The Morgan fingerprint density at radius 3 is 2.09 bits per heavy atom. The van der Waals surface area contributed by atoms with Crippen LogP contribution in [0.1, 0.15) is 38.4 Å². The lowest BCUT2D eigenvalue weighted by molar-refractivity contribution is 0.115. The first-order valence-corrected chi connectivity index (χ1v) is 8.63. The van der Waals surface area contributed by atoms with E-state index < -0.39 is 0 Å². The summed E-state index contributed by atoms with van der Waals surface area (Å²) in [5.41, 5.74) is 1.17. The molecule has 2 saturated heterocycles. The predicted molar refractivity (Wildman–Crippen MR) is 90.4 cm³/mol. The molecule has 5 heteroatoms. The van der Waals surface area contributed by atoms with Crippen molar-refractivity contribution >= 4 is 5.69 Å². The van der Waals surface area contributed by atoms with E-state index in [0.29, 0.717) is 5.92 Å². The van der Waals surface area contributed by atoms with Crippen molar-refractivity contribution in [3.05, 3.63) is 18.2 Å². The molecular formula is C17H29N5. The summed E-state index contributed by atoms with van der Waals surface area (Å²) in [6, 6.07) is 0.790. The van der Waals surface area contributed by atoms with E-state index in [1.807, 2.05) is 12.4 Å². The SMILES string of the molecule is CC(C)c1ncc(N2CCN(C3CCN(C)CC3)CC2)cn1. The van der Waals surface area contributed by atoms with E-state index >= 15 is 0 Å². The molecule has 0 aliphatic carbocycles. The van der Waals surface area contributed by atoms with Crippen molar-refractivity contribution in [3.63, 3.8) is 0 Å². The largest absolute Gasteiger partial charge is 0.366 e. The number of nitrogens with zero attached hydrogens (tertiary/aromatic N) is 5. The Labute approximate surface area is 134 Å². The topological polar surface area (TPSA) is 35.5 Å². The molecular weight excluding hydrogens is 274 g/mol. The fourth-order valence-corrected chi connectivity index (χ4v) is 3.50. The van der Waals surface area contributed by atoms with E-state index in [4.69, 9.17) is 0 Å². The molecule has 3 rings (SSSR count). The number of rotatable bonds is 3. The second-order valence-corrected chi connectivity index (χ2v) is 7.01. The molecule has 2 aliphatic rings. The minimum atomic E-state index is 0.398. The molecule has 1 aromatic heterocycles. The van der Waals surface area contributed by atoms with Crippen LogP contribution in [-0.4, -0.2) is 72.1 Å². The zero-order valence-corrected chi connectivity index (χ0v) is 14.2. The summed E-state index contributed by atoms with van der Waals surface area (Å²) in [6.07, 6.45) is 6.63. The van der Waals surface area contributed by atoms with Crippen molar-refractivity contribution in [1.82, 2.24) is 19.8 Å². The van der Waals surface area contributed by atoms with E-state index in [9.17, 15) is 0 Å². The van der Waals surface area contributed by atoms with Crippen molar-refractivity contribution in [2.45, 2.75) is 38.6 Å². The Hall–Kier alpha value is -1.20. The molecule has 0 amide bonds. The van der Waals surface area contributed by atoms with Gasteiger partial charge in [-0.05, 0) is 33.0 Å². The summed E-state index contributed by atoms with van der Waals surface area (Å²) < 4.78 is 0. The number of likely N-dealkylation sites (tertiary alicyclic amines) is 1. The highest BCUT2D eigenvalue weighted by Gasteiger charge is 2.26. The third-order valence-electron chi connectivity index (χ3n) is 5.06. The summed E-state index contributed by atoms with van der Waals surface area (Å²) in [7, 11) is 2.23. The molecule has 0 radical (unpaired) electrons. The molecule has 2 aliphatic heterocycles. The average molecular weight is 303 g/mol. The molecule has 0 bridgehead atoms. The molecule has 0 N–H and O–H groups in total. The Morgan fingerprint density at radius 2 is 1.55 bits per heavy atom. The predicted octanol–water partition coefficient (Wildman–Crippen LogP) is 1.82. The maximum absolute atomic E-state index is 4.50. The van der Waals surface area contributed by atoms with Gasteiger partial charge in [-0.1, -0.05) is 13.8 Å². The third-order valence-corrected chi connectivity index (χ3v) is 5.06. The lowest BCUT2D eigenvalue weighted by Crippen LogP contribution is -2.53. The minimum Gasteiger partial charge on any atom is -0.366 e. The molecule has 0 unspecified atom stereocenters. The van der Waals surface area contributed by atoms with Crippen molar-refractivity contribution in [3.8, 4) is 0 Å². The first kappa shape index (κ1) is 15.7. The van der Waals surface area contributed by atoms with Gasteiger partial charge in [-0.2, -0.15) is 0 Å². The fraction of sp³-hybridized carbons (Fsp3) is 0.765. The summed E-state index contributed by atoms with van der Waals surface area (Å²) >= 11 is 0. The number of piperazine rings is 1. The minimum absolute atomic E-state index is 0.398. The normalized spacial score (nSPS) is 22.5. The molecule has 5 nitrogen and oxygen atoms in total. The maximum Gasteiger partial charge on any atom is 0.130 e. The summed E-state index contributed by atoms with van der Waals surface area (Å²) in [5, 5.41) is 0. The highest BCUT2D eigenvalue weighted by Crippen LogP contribution is 2.20. The lowest BCUT2D eigenvalue weighted by atomic mass is 10.0. The van der Waals surface area contributed by atoms with Gasteiger partial charge < -0.3 is 9.80 Å². The first-order chi connectivity index (χ1) is 10.6. The Morgan fingerprint density at radius 1 is 0.955 bits per heavy atom. The van der Waals surface area contributed by atoms with E-state index in [-0.39, 0.29) is 0 Å². The first-order valence-electron chi connectivity index (χ1n) is 8.63. The molecule has 3 heterocycles. The quantitative estimate of drug-likeness (QED) is 0.851. The van der Waals surface area contributed by atoms with Gasteiger partial charge in [-0.3, -0.25) is 4.90 Å². The second-order valence-electron chi connectivity index (χ2n) is 7.01. The van der Waals surface area contributed by atoms with Gasteiger partial charge >= 0.3 is 0 Å². The Kier molecular flexibility index (Phi) is 4.93. The van der Waals surface area contributed by atoms with E-state index in [2.05, 4.69) is 45.6 Å². The fourth-order valence-electron chi connectivity index (χ4n) is 3.50. The van der Waals surface area contributed by atoms with Crippen LogP contribution in [0.2, 0.25) is 0 Å². The van der Waals surface area contributed by atoms with E-state index in [0.717, 1.165) is 25.0 Å². The van der Waals surface area contributed by atoms with Crippen molar-refractivity contribution in [2.24, 2.45) is 0 Å². The highest BCUT2D eigenvalue weighted by atomic mass is 15.3. The van der Waals surface area contributed by atoms with Crippen LogP contribution in [-0.2, 0) is 0 Å². The molecule has 1 aromatic rings. The van der Waals surface area contributed by atoms with Gasteiger partial charge in [0, 0.05) is 38.1 Å². The molecule has 0 saturated carbocycles. The molecule has 0 aromatic carbocycles. The van der Waals surface area contributed by atoms with Crippen LogP contribution in [0.25, 0.3) is 0 Å². The molecule has 22 heavy (non-hydrogen) atoms. The number of aromatic nitrogens is 2. The zero-order valence-electron chi connectivity index (χ0n) is 14.2. The number of piperidine rings is 1. The van der Waals surface area contributed by atoms with Crippen LogP contribution < -0.4 is 4.90 Å². The van der Waals surface area contributed by atoms with Crippen molar-refractivity contribution < 1.29 is 0 Å². The number of anilines is 1. The molecule has 122 valence electrons. The van der Waals surface area contributed by atoms with Gasteiger partial charge in [-0.25, -0.2) is 9.97 Å². The summed E-state index contributed by atoms with van der Waals surface area (Å²) in [6.45, 7) is 11.3. The maximum atomic E-state index is 4.50. The lowest BCUT2D eigenvalue weighted by Gasteiger charge is -2.42. The van der Waals surface area contributed by atoms with Crippen molar-refractivity contribution in [1.29, 1.82) is 0 Å². The van der Waals surface area contributed by atoms with Crippen LogP contribution >= 0.6 is 0 Å². The van der Waals surface area contributed by atoms with Crippen LogP contribution in [0.4, 0.5) is 5.69 Å². The van der Waals surface area contributed by atoms with Gasteiger partial charge in [0.15, 0.2) is 0 Å². The van der Waals surface area contributed by atoms with E-state index in [1.165, 1.54) is 44.7 Å². The van der Waals surface area contributed by atoms with Gasteiger partial charge in [0.25, 0.3) is 0 Å². The third kappa shape index (κ3) is 3.58. The van der Waals surface area contributed by atoms with Gasteiger partial charge in [-0.15, -0.1) is 0 Å². The van der Waals surface area contributed by atoms with Crippen molar-refractivity contribution in [2.75, 3.05) is 51.2 Å². The van der Waals surface area contributed by atoms with Gasteiger partial charge in [0.05, 0.1) is 18.1 Å². The number of hydrogen-bond acceptors (Lipinski definition) is 5. The monoisotopic (exact) mass is 303 g/mol. The standard InChI is InChI=1S/C17H29N5/c1-14(2)17-18-12-16(13-19-17)22-10-8-21(9-11-22)15-4-6-20(3)7-5-15/h12-15H,4-11H2,1-3H3. The second kappa shape index (κ2) is 6.92. The number of hydrogen-bond donors (Lipinski definition) is 0. The smallest absolute Gasteiger partial charge is 0.130 e. The van der Waals surface area contributed by atoms with Crippen LogP contribution in [0, 0.1) is 0 Å². The average Bonchev–Trinajstić information content (AvgIpc) is 2.56. The molecule has 0 atom stereocenters. The summed E-state index contributed by atoms with van der Waals surface area (Å²) in [4.78, 5) is 16.6. The Balaban J connectivity index is 1.53. The van der Waals surface area contributed by atoms with Crippen LogP contribution in [0.15, 0.2) is 12.4 Å². The molecule has 2 fully saturated rings. The summed E-state index contributed by atoms with van der Waals surface area (Å²) in [5.74, 6) is 1.34. The van der Waals surface area contributed by atoms with E-state index in [1.54, 1.807) is 0 Å². The zero-order chi connectivity index (χ0) is 15.5. The highest BCUT2D eigenvalue weighted by molar-refractivity contribution is 5.42. The van der Waals surface area contributed by atoms with Crippen LogP contribution in [0.5, 0.6) is 0 Å². The van der Waals surface area contributed by atoms with Gasteiger partial charge in [0.1, 0.15) is 5.82 Å². The Bertz CT molecular complexity index is 456. The van der Waals surface area contributed by atoms with Crippen LogP contribution in [0.3, 0.4) is 0 Å². The molecule has 0 spiro atoms.